The van der Waals surface area contributed by atoms with Crippen LogP contribution >= 0.6 is 0 Å². The molecule has 0 atom stereocenters. The average molecular weight is 620 g/mol. The zero-order valence-corrected chi connectivity index (χ0v) is 26.8. The first-order chi connectivity index (χ1) is 22.4. The molecule has 4 heterocycles. The number of anilines is 1. The number of nitrogens with one attached hydrogen (secondary N) is 4. The van der Waals surface area contributed by atoms with Gasteiger partial charge in [0.25, 0.3) is 0 Å². The first-order valence-electron chi connectivity index (χ1n) is 16.0. The quantitative estimate of drug-likeness (QED) is 0.108. The minimum atomic E-state index is -0.324. The van der Waals surface area contributed by atoms with Gasteiger partial charge in [0.05, 0.1) is 23.1 Å². The van der Waals surface area contributed by atoms with Crippen molar-refractivity contribution in [3.63, 3.8) is 0 Å². The fourth-order valence-electron chi connectivity index (χ4n) is 6.15. The van der Waals surface area contributed by atoms with E-state index in [9.17, 15) is 4.39 Å². The molecule has 1 aliphatic carbocycles. The second-order valence-corrected chi connectivity index (χ2v) is 12.4. The molecule has 0 unspecified atom stereocenters. The van der Waals surface area contributed by atoms with Crippen LogP contribution in [-0.4, -0.2) is 68.8 Å². The number of rotatable bonds is 13. The molecule has 6 rings (SSSR count). The van der Waals surface area contributed by atoms with Crippen molar-refractivity contribution in [2.24, 2.45) is 5.92 Å². The molecule has 0 radical (unpaired) electrons. The standard InChI is InChI=1S/C36H42FN9/c1-5-8-30(26-14-28(37)16-29(15-26)40-11-12-46(3)4)34-23(2)42-36(43-34)35-31-17-32(41-22-33(31)44-45-35)27-13-25(20-39-21-27)19-38-18-24-9-6-7-10-24/h5,8,13-17,20-22,24,38,40H,1,6-7,9-12,18-19H2,2-4H3,(H,42,43)(H,44,45)/b30-8-. The molecule has 1 aliphatic rings. The lowest BCUT2D eigenvalue weighted by atomic mass is 10.00. The van der Waals surface area contributed by atoms with Gasteiger partial charge in [0.2, 0.25) is 0 Å². The third-order valence-corrected chi connectivity index (χ3v) is 8.52. The molecule has 1 saturated carbocycles. The van der Waals surface area contributed by atoms with E-state index in [0.717, 1.165) is 64.5 Å². The number of halogens is 1. The maximum absolute atomic E-state index is 14.8. The number of nitrogens with zero attached hydrogens (tertiary/aromatic N) is 5. The Morgan fingerprint density at radius 1 is 1.11 bits per heavy atom. The molecule has 0 spiro atoms. The fraction of sp³-hybridized carbons (Fsp3) is 0.333. The third kappa shape index (κ3) is 7.24. The van der Waals surface area contributed by atoms with Gasteiger partial charge < -0.3 is 20.5 Å². The second kappa shape index (κ2) is 14.2. The molecule has 238 valence electrons. The van der Waals surface area contributed by atoms with E-state index in [0.29, 0.717) is 35.0 Å². The highest BCUT2D eigenvalue weighted by Gasteiger charge is 2.20. The maximum atomic E-state index is 14.8. The number of aromatic nitrogens is 6. The highest BCUT2D eigenvalue weighted by Crippen LogP contribution is 2.33. The van der Waals surface area contributed by atoms with Crippen LogP contribution in [0.4, 0.5) is 10.1 Å². The average Bonchev–Trinajstić information content (AvgIpc) is 3.80. The summed E-state index contributed by atoms with van der Waals surface area (Å²) in [6.45, 7) is 9.23. The first kappa shape index (κ1) is 31.3. The molecule has 1 aromatic carbocycles. The van der Waals surface area contributed by atoms with Crippen LogP contribution in [0.25, 0.3) is 39.3 Å². The fourth-order valence-corrected chi connectivity index (χ4v) is 6.15. The first-order valence-corrected chi connectivity index (χ1v) is 16.0. The molecule has 0 bridgehead atoms. The Kier molecular flexibility index (Phi) is 9.65. The van der Waals surface area contributed by atoms with E-state index in [2.05, 4.69) is 48.3 Å². The van der Waals surface area contributed by atoms with Gasteiger partial charge in [-0.1, -0.05) is 31.6 Å². The van der Waals surface area contributed by atoms with Crippen molar-refractivity contribution in [1.29, 1.82) is 0 Å². The number of H-pyrrole nitrogens is 2. The minimum Gasteiger partial charge on any atom is -0.384 e. The minimum absolute atomic E-state index is 0.324. The molecule has 10 heteroatoms. The predicted octanol–water partition coefficient (Wildman–Crippen LogP) is 6.73. The molecular weight excluding hydrogens is 577 g/mol. The van der Waals surface area contributed by atoms with Crippen LogP contribution in [0.1, 0.15) is 48.2 Å². The van der Waals surface area contributed by atoms with Crippen LogP contribution in [0.5, 0.6) is 0 Å². The van der Waals surface area contributed by atoms with Gasteiger partial charge in [-0.3, -0.25) is 15.1 Å². The largest absolute Gasteiger partial charge is 0.384 e. The van der Waals surface area contributed by atoms with E-state index >= 15 is 0 Å². The van der Waals surface area contributed by atoms with Crippen molar-refractivity contribution < 1.29 is 4.39 Å². The summed E-state index contributed by atoms with van der Waals surface area (Å²) in [6.07, 6.45) is 14.5. The Morgan fingerprint density at radius 3 is 2.76 bits per heavy atom. The summed E-state index contributed by atoms with van der Waals surface area (Å²) in [4.78, 5) is 19.7. The molecule has 4 aromatic heterocycles. The molecule has 9 nitrogen and oxygen atoms in total. The number of aromatic amines is 2. The Bertz CT molecular complexity index is 1850. The van der Waals surface area contributed by atoms with Crippen LogP contribution < -0.4 is 10.6 Å². The van der Waals surface area contributed by atoms with Crippen molar-refractivity contribution in [3.05, 3.63) is 96.0 Å². The molecule has 4 N–H and O–H groups in total. The number of pyridine rings is 2. The molecular formula is C36H42FN9. The Morgan fingerprint density at radius 2 is 1.96 bits per heavy atom. The Labute approximate surface area is 269 Å². The van der Waals surface area contributed by atoms with E-state index in [1.165, 1.54) is 37.8 Å². The smallest absolute Gasteiger partial charge is 0.159 e. The molecule has 0 amide bonds. The molecule has 0 aliphatic heterocycles. The number of allylic oxidation sites excluding steroid dienone is 2. The van der Waals surface area contributed by atoms with E-state index < -0.39 is 0 Å². The summed E-state index contributed by atoms with van der Waals surface area (Å²) in [7, 11) is 4.01. The number of fused-ring (bicyclic) bond motifs is 1. The normalized spacial score (nSPS) is 14.1. The number of hydrogen-bond acceptors (Lipinski definition) is 7. The van der Waals surface area contributed by atoms with Gasteiger partial charge in [-0.2, -0.15) is 5.10 Å². The van der Waals surface area contributed by atoms with E-state index in [4.69, 9.17) is 9.97 Å². The highest BCUT2D eigenvalue weighted by atomic mass is 19.1. The Hall–Kier alpha value is -4.67. The van der Waals surface area contributed by atoms with Gasteiger partial charge in [-0.25, -0.2) is 9.37 Å². The van der Waals surface area contributed by atoms with Crippen LogP contribution in [-0.2, 0) is 6.54 Å². The second-order valence-electron chi connectivity index (χ2n) is 12.4. The molecule has 5 aromatic rings. The van der Waals surface area contributed by atoms with E-state index in [1.807, 2.05) is 51.6 Å². The zero-order valence-electron chi connectivity index (χ0n) is 26.8. The monoisotopic (exact) mass is 619 g/mol. The van der Waals surface area contributed by atoms with E-state index in [-0.39, 0.29) is 5.82 Å². The lowest BCUT2D eigenvalue weighted by Gasteiger charge is -2.13. The zero-order chi connectivity index (χ0) is 32.0. The van der Waals surface area contributed by atoms with Gasteiger partial charge in [0.15, 0.2) is 5.82 Å². The van der Waals surface area contributed by atoms with Gasteiger partial charge >= 0.3 is 0 Å². The topological polar surface area (TPSA) is 110 Å². The van der Waals surface area contributed by atoms with E-state index in [1.54, 1.807) is 12.3 Å². The van der Waals surface area contributed by atoms with Crippen LogP contribution in [0, 0.1) is 18.7 Å². The van der Waals surface area contributed by atoms with Gasteiger partial charge in [0, 0.05) is 59.9 Å². The van der Waals surface area contributed by atoms with Crippen molar-refractivity contribution in [2.75, 3.05) is 39.0 Å². The third-order valence-electron chi connectivity index (χ3n) is 8.52. The van der Waals surface area contributed by atoms with Crippen LogP contribution in [0.2, 0.25) is 0 Å². The van der Waals surface area contributed by atoms with Crippen LogP contribution in [0.15, 0.2) is 67.7 Å². The number of hydrogen-bond donors (Lipinski definition) is 4. The lowest BCUT2D eigenvalue weighted by Crippen LogP contribution is -2.20. The van der Waals surface area contributed by atoms with Gasteiger partial charge in [-0.15, -0.1) is 0 Å². The Balaban J connectivity index is 1.27. The summed E-state index contributed by atoms with van der Waals surface area (Å²) in [5.74, 6) is 1.07. The number of imidazole rings is 1. The summed E-state index contributed by atoms with van der Waals surface area (Å²) in [6, 6.07) is 9.14. The van der Waals surface area contributed by atoms with Crippen molar-refractivity contribution in [2.45, 2.75) is 39.2 Å². The predicted molar refractivity (Wildman–Crippen MR) is 184 cm³/mol. The number of likely N-dealkylation sites (N-methyl/N-ethyl adjacent to an activating group) is 1. The van der Waals surface area contributed by atoms with Crippen molar-refractivity contribution in [1.82, 2.24) is 40.3 Å². The number of benzene rings is 1. The van der Waals surface area contributed by atoms with Crippen molar-refractivity contribution >= 4 is 22.2 Å². The summed E-state index contributed by atoms with van der Waals surface area (Å²) < 4.78 is 14.8. The SMILES string of the molecule is C=C/C=C(/c1cc(F)cc(NCCN(C)C)c1)c1nc(-c2n[nH]c3cnc(-c4cncc(CNCC5CCCC5)c4)cc23)[nH]c1C. The lowest BCUT2D eigenvalue weighted by molar-refractivity contribution is 0.425. The molecule has 1 fully saturated rings. The van der Waals surface area contributed by atoms with Gasteiger partial charge in [0.1, 0.15) is 11.5 Å². The summed E-state index contributed by atoms with van der Waals surface area (Å²) in [5, 5.41) is 15.5. The van der Waals surface area contributed by atoms with Gasteiger partial charge in [-0.05, 0) is 87.8 Å². The summed E-state index contributed by atoms with van der Waals surface area (Å²) >= 11 is 0. The maximum Gasteiger partial charge on any atom is 0.159 e. The molecule has 46 heavy (non-hydrogen) atoms. The molecule has 0 saturated heterocycles. The summed E-state index contributed by atoms with van der Waals surface area (Å²) in [5.41, 5.74) is 8.08. The van der Waals surface area contributed by atoms with Crippen molar-refractivity contribution in [3.8, 4) is 22.8 Å². The highest BCUT2D eigenvalue weighted by molar-refractivity contribution is 5.93. The number of aryl methyl sites for hydroxylation is 1. The van der Waals surface area contributed by atoms with Crippen LogP contribution in [0.3, 0.4) is 0 Å².